The molecule has 0 heterocycles. The van der Waals surface area contributed by atoms with Crippen LogP contribution in [0.25, 0.3) is 0 Å². The van der Waals surface area contributed by atoms with E-state index in [-0.39, 0.29) is 24.6 Å². The number of nitrogens with one attached hydrogen (secondary N) is 1. The summed E-state index contributed by atoms with van der Waals surface area (Å²) in [6.45, 7) is 2.31. The molecule has 106 valence electrons. The van der Waals surface area contributed by atoms with Crippen LogP contribution in [0.2, 0.25) is 0 Å². The van der Waals surface area contributed by atoms with E-state index < -0.39 is 5.60 Å². The largest absolute Gasteiger partial charge is 0.508 e. The molecule has 0 aromatic heterocycles. The minimum absolute atomic E-state index is 0.102. The lowest BCUT2D eigenvalue weighted by Gasteiger charge is -2.27. The van der Waals surface area contributed by atoms with Gasteiger partial charge < -0.3 is 20.4 Å². The zero-order valence-corrected chi connectivity index (χ0v) is 11.7. The monoisotopic (exact) mass is 266 g/mol. The summed E-state index contributed by atoms with van der Waals surface area (Å²) in [6, 6.07) is 6.72. The van der Waals surface area contributed by atoms with Crippen molar-refractivity contribution in [3.8, 4) is 5.75 Å². The van der Waals surface area contributed by atoms with Crippen LogP contribution in [0.5, 0.6) is 5.75 Å². The number of rotatable bonds is 6. The van der Waals surface area contributed by atoms with Crippen LogP contribution < -0.4 is 5.32 Å². The number of aliphatic hydroxyl groups is 1. The molecule has 1 atom stereocenters. The van der Waals surface area contributed by atoms with Crippen molar-refractivity contribution in [1.29, 1.82) is 0 Å². The molecule has 1 rings (SSSR count). The standard InChI is InChI=1S/C14H22N2O3/c1-14(19,10-16(2)3)9-15-13(18)8-11-6-4-5-7-12(11)17/h4-7,17,19H,8-10H2,1-3H3,(H,15,18). The van der Waals surface area contributed by atoms with Gasteiger partial charge in [-0.1, -0.05) is 18.2 Å². The van der Waals surface area contributed by atoms with Crippen LogP contribution in [-0.2, 0) is 11.2 Å². The molecular weight excluding hydrogens is 244 g/mol. The Labute approximate surface area is 113 Å². The topological polar surface area (TPSA) is 72.8 Å². The Morgan fingerprint density at radius 3 is 2.58 bits per heavy atom. The summed E-state index contributed by atoms with van der Waals surface area (Å²) < 4.78 is 0. The zero-order chi connectivity index (χ0) is 14.5. The molecule has 1 aromatic rings. The number of carbonyl (C=O) groups excluding carboxylic acids is 1. The van der Waals surface area contributed by atoms with Crippen LogP contribution in [0.3, 0.4) is 0 Å². The van der Waals surface area contributed by atoms with Crippen molar-refractivity contribution < 1.29 is 15.0 Å². The van der Waals surface area contributed by atoms with Crippen LogP contribution >= 0.6 is 0 Å². The zero-order valence-electron chi connectivity index (χ0n) is 11.7. The van der Waals surface area contributed by atoms with Gasteiger partial charge >= 0.3 is 0 Å². The predicted molar refractivity (Wildman–Crippen MR) is 74.0 cm³/mol. The number of nitrogens with zero attached hydrogens (tertiary/aromatic N) is 1. The van der Waals surface area contributed by atoms with Gasteiger partial charge in [-0.05, 0) is 27.1 Å². The fourth-order valence-corrected chi connectivity index (χ4v) is 1.92. The predicted octanol–water partition coefficient (Wildman–Crippen LogP) is 0.363. The maximum Gasteiger partial charge on any atom is 0.224 e. The van der Waals surface area contributed by atoms with Gasteiger partial charge in [0.1, 0.15) is 5.75 Å². The van der Waals surface area contributed by atoms with Crippen molar-refractivity contribution in [2.75, 3.05) is 27.2 Å². The summed E-state index contributed by atoms with van der Waals surface area (Å²) in [4.78, 5) is 13.6. The number of para-hydroxylation sites is 1. The second-order valence-electron chi connectivity index (χ2n) is 5.32. The second kappa shape index (κ2) is 6.54. The van der Waals surface area contributed by atoms with Crippen LogP contribution in [0, 0.1) is 0 Å². The average Bonchev–Trinajstić information content (AvgIpc) is 2.28. The van der Waals surface area contributed by atoms with E-state index in [4.69, 9.17) is 0 Å². The molecule has 0 aliphatic heterocycles. The van der Waals surface area contributed by atoms with E-state index in [0.717, 1.165) is 0 Å². The molecule has 0 fully saturated rings. The van der Waals surface area contributed by atoms with Crippen molar-refractivity contribution in [1.82, 2.24) is 10.2 Å². The summed E-state index contributed by atoms with van der Waals surface area (Å²) in [5.74, 6) is -0.113. The van der Waals surface area contributed by atoms with Gasteiger partial charge in [0.2, 0.25) is 5.91 Å². The molecule has 5 nitrogen and oxygen atoms in total. The molecule has 0 saturated heterocycles. The van der Waals surface area contributed by atoms with E-state index in [1.807, 2.05) is 19.0 Å². The molecule has 0 spiro atoms. The van der Waals surface area contributed by atoms with Crippen LogP contribution in [0.4, 0.5) is 0 Å². The third kappa shape index (κ3) is 5.72. The Kier molecular flexibility index (Phi) is 5.32. The lowest BCUT2D eigenvalue weighted by atomic mass is 10.1. The minimum atomic E-state index is -0.974. The van der Waals surface area contributed by atoms with Crippen molar-refractivity contribution in [2.45, 2.75) is 18.9 Å². The highest BCUT2D eigenvalue weighted by atomic mass is 16.3. The highest BCUT2D eigenvalue weighted by Crippen LogP contribution is 2.15. The van der Waals surface area contributed by atoms with Crippen LogP contribution in [0.1, 0.15) is 12.5 Å². The summed E-state index contributed by atoms with van der Waals surface area (Å²) in [5, 5.41) is 22.3. The fraction of sp³-hybridized carbons (Fsp3) is 0.500. The summed E-state index contributed by atoms with van der Waals surface area (Å²) in [6.07, 6.45) is 0.102. The maximum absolute atomic E-state index is 11.8. The lowest BCUT2D eigenvalue weighted by molar-refractivity contribution is -0.121. The van der Waals surface area contributed by atoms with Gasteiger partial charge in [0, 0.05) is 18.7 Å². The molecule has 0 aliphatic carbocycles. The Morgan fingerprint density at radius 2 is 2.00 bits per heavy atom. The SMILES string of the molecule is CN(C)CC(C)(O)CNC(=O)Cc1ccccc1O. The molecule has 3 N–H and O–H groups in total. The Balaban J connectivity index is 2.46. The van der Waals surface area contributed by atoms with Crippen LogP contribution in [-0.4, -0.2) is 53.8 Å². The number of amides is 1. The molecule has 5 heteroatoms. The Morgan fingerprint density at radius 1 is 1.37 bits per heavy atom. The Hall–Kier alpha value is -1.59. The molecule has 0 saturated carbocycles. The summed E-state index contributed by atoms with van der Waals surface area (Å²) in [5.41, 5.74) is -0.398. The van der Waals surface area contributed by atoms with E-state index in [1.165, 1.54) is 0 Å². The average molecular weight is 266 g/mol. The molecule has 1 amide bonds. The molecular formula is C14H22N2O3. The molecule has 0 bridgehead atoms. The molecule has 19 heavy (non-hydrogen) atoms. The number of hydrogen-bond acceptors (Lipinski definition) is 4. The first-order chi connectivity index (χ1) is 8.80. The summed E-state index contributed by atoms with van der Waals surface area (Å²) >= 11 is 0. The third-order valence-electron chi connectivity index (χ3n) is 2.67. The van der Waals surface area contributed by atoms with Gasteiger partial charge in [-0.2, -0.15) is 0 Å². The van der Waals surface area contributed by atoms with E-state index in [0.29, 0.717) is 12.1 Å². The number of phenolic OH excluding ortho intramolecular Hbond substituents is 1. The number of benzene rings is 1. The van der Waals surface area contributed by atoms with Gasteiger partial charge in [0.05, 0.1) is 12.0 Å². The number of phenols is 1. The van der Waals surface area contributed by atoms with Crippen molar-refractivity contribution in [3.63, 3.8) is 0 Å². The number of hydrogen-bond donors (Lipinski definition) is 3. The lowest BCUT2D eigenvalue weighted by Crippen LogP contribution is -2.47. The quantitative estimate of drug-likeness (QED) is 0.695. The number of carbonyl (C=O) groups is 1. The minimum Gasteiger partial charge on any atom is -0.508 e. The van der Waals surface area contributed by atoms with Gasteiger partial charge in [-0.3, -0.25) is 4.79 Å². The normalized spacial score (nSPS) is 14.2. The van der Waals surface area contributed by atoms with Crippen molar-refractivity contribution >= 4 is 5.91 Å². The van der Waals surface area contributed by atoms with E-state index in [2.05, 4.69) is 5.32 Å². The molecule has 1 aromatic carbocycles. The third-order valence-corrected chi connectivity index (χ3v) is 2.67. The smallest absolute Gasteiger partial charge is 0.224 e. The molecule has 1 unspecified atom stereocenters. The van der Waals surface area contributed by atoms with Gasteiger partial charge in [-0.15, -0.1) is 0 Å². The van der Waals surface area contributed by atoms with Crippen molar-refractivity contribution in [2.24, 2.45) is 0 Å². The van der Waals surface area contributed by atoms with E-state index in [1.54, 1.807) is 31.2 Å². The highest BCUT2D eigenvalue weighted by molar-refractivity contribution is 5.79. The van der Waals surface area contributed by atoms with Gasteiger partial charge in [-0.25, -0.2) is 0 Å². The van der Waals surface area contributed by atoms with Gasteiger partial charge in [0.15, 0.2) is 0 Å². The first-order valence-corrected chi connectivity index (χ1v) is 6.21. The van der Waals surface area contributed by atoms with Crippen molar-refractivity contribution in [3.05, 3.63) is 29.8 Å². The number of aromatic hydroxyl groups is 1. The maximum atomic E-state index is 11.8. The fourth-order valence-electron chi connectivity index (χ4n) is 1.92. The van der Waals surface area contributed by atoms with E-state index in [9.17, 15) is 15.0 Å². The molecule has 0 aliphatic rings. The number of likely N-dealkylation sites (N-methyl/N-ethyl adjacent to an activating group) is 1. The van der Waals surface area contributed by atoms with E-state index >= 15 is 0 Å². The first kappa shape index (κ1) is 15.5. The van der Waals surface area contributed by atoms with Crippen LogP contribution in [0.15, 0.2) is 24.3 Å². The second-order valence-corrected chi connectivity index (χ2v) is 5.32. The van der Waals surface area contributed by atoms with Gasteiger partial charge in [0.25, 0.3) is 0 Å². The summed E-state index contributed by atoms with van der Waals surface area (Å²) in [7, 11) is 3.72. The highest BCUT2D eigenvalue weighted by Gasteiger charge is 2.22. The molecule has 0 radical (unpaired) electrons. The Bertz CT molecular complexity index is 430. The first-order valence-electron chi connectivity index (χ1n) is 6.21.